The van der Waals surface area contributed by atoms with E-state index in [4.69, 9.17) is 10.7 Å². The van der Waals surface area contributed by atoms with Gasteiger partial charge in [-0.1, -0.05) is 13.8 Å². The third kappa shape index (κ3) is 1.80. The zero-order valence-corrected chi connectivity index (χ0v) is 10.9. The Morgan fingerprint density at radius 1 is 1.38 bits per heavy atom. The quantitative estimate of drug-likeness (QED) is 0.856. The Labute approximate surface area is 101 Å². The lowest BCUT2D eigenvalue weighted by atomic mass is 9.86. The van der Waals surface area contributed by atoms with Crippen molar-refractivity contribution < 1.29 is 0 Å². The van der Waals surface area contributed by atoms with Crippen molar-refractivity contribution in [2.45, 2.75) is 51.5 Å². The summed E-state index contributed by atoms with van der Waals surface area (Å²) in [7, 11) is 0. The van der Waals surface area contributed by atoms with Crippen LogP contribution >= 0.6 is 11.3 Å². The number of rotatable bonds is 2. The molecule has 2 aliphatic carbocycles. The fourth-order valence-electron chi connectivity index (χ4n) is 2.84. The number of fused-ring (bicyclic) bond motifs is 1. The van der Waals surface area contributed by atoms with Gasteiger partial charge in [0.15, 0.2) is 0 Å². The number of hydrogen-bond acceptors (Lipinski definition) is 3. The van der Waals surface area contributed by atoms with E-state index in [0.29, 0.717) is 5.92 Å². The normalized spacial score (nSPS) is 31.2. The van der Waals surface area contributed by atoms with Crippen LogP contribution < -0.4 is 5.73 Å². The molecule has 0 saturated heterocycles. The summed E-state index contributed by atoms with van der Waals surface area (Å²) in [6.45, 7) is 4.67. The Morgan fingerprint density at radius 3 is 2.81 bits per heavy atom. The highest BCUT2D eigenvalue weighted by molar-refractivity contribution is 7.12. The van der Waals surface area contributed by atoms with Crippen LogP contribution in [0.2, 0.25) is 0 Å². The average Bonchev–Trinajstić information content (AvgIpc) is 2.97. The molecule has 3 unspecified atom stereocenters. The van der Waals surface area contributed by atoms with Gasteiger partial charge >= 0.3 is 0 Å². The Hall–Kier alpha value is -0.410. The summed E-state index contributed by atoms with van der Waals surface area (Å²) in [6.07, 6.45) is 5.08. The molecule has 2 N–H and O–H groups in total. The largest absolute Gasteiger partial charge is 0.322 e. The van der Waals surface area contributed by atoms with Crippen molar-refractivity contribution in [1.82, 2.24) is 4.98 Å². The molecule has 0 spiro atoms. The highest BCUT2D eigenvalue weighted by atomic mass is 32.1. The van der Waals surface area contributed by atoms with E-state index >= 15 is 0 Å². The molecule has 2 aliphatic rings. The second kappa shape index (κ2) is 3.81. The molecule has 1 aromatic heterocycles. The van der Waals surface area contributed by atoms with Crippen LogP contribution in [-0.4, -0.2) is 4.98 Å². The van der Waals surface area contributed by atoms with E-state index in [1.807, 2.05) is 11.3 Å². The lowest BCUT2D eigenvalue weighted by molar-refractivity contribution is 0.449. The molecule has 0 amide bonds. The fourth-order valence-corrected chi connectivity index (χ4v) is 4.09. The van der Waals surface area contributed by atoms with Gasteiger partial charge in [-0.05, 0) is 43.4 Å². The average molecular weight is 236 g/mol. The number of aromatic nitrogens is 1. The van der Waals surface area contributed by atoms with Gasteiger partial charge in [0.25, 0.3) is 0 Å². The van der Waals surface area contributed by atoms with Crippen LogP contribution in [0.25, 0.3) is 0 Å². The van der Waals surface area contributed by atoms with Crippen molar-refractivity contribution in [3.63, 3.8) is 0 Å². The molecule has 0 radical (unpaired) electrons. The monoisotopic (exact) mass is 236 g/mol. The molecule has 1 aromatic rings. The molecular formula is C13H20N2S. The lowest BCUT2D eigenvalue weighted by Crippen LogP contribution is -2.14. The van der Waals surface area contributed by atoms with Crippen molar-refractivity contribution in [3.8, 4) is 0 Å². The standard InChI is InChI=1S/C13H20N2S/c1-7-5-8(2)12-10(6-7)15-13(16-12)11(14)9-3-4-9/h7-9,11H,3-6,14H2,1-2H3. The number of hydrogen-bond donors (Lipinski definition) is 1. The van der Waals surface area contributed by atoms with Gasteiger partial charge in [0.2, 0.25) is 0 Å². The molecular weight excluding hydrogens is 216 g/mol. The van der Waals surface area contributed by atoms with Gasteiger partial charge in [-0.3, -0.25) is 0 Å². The van der Waals surface area contributed by atoms with Crippen molar-refractivity contribution in [1.29, 1.82) is 0 Å². The van der Waals surface area contributed by atoms with Crippen molar-refractivity contribution in [2.24, 2.45) is 17.6 Å². The fraction of sp³-hybridized carbons (Fsp3) is 0.769. The zero-order valence-electron chi connectivity index (χ0n) is 10.1. The Morgan fingerprint density at radius 2 is 2.12 bits per heavy atom. The van der Waals surface area contributed by atoms with Crippen LogP contribution in [0.5, 0.6) is 0 Å². The number of nitrogens with zero attached hydrogens (tertiary/aromatic N) is 1. The number of thiazole rings is 1. The molecule has 1 saturated carbocycles. The second-order valence-corrected chi connectivity index (χ2v) is 6.73. The molecule has 2 nitrogen and oxygen atoms in total. The molecule has 0 aliphatic heterocycles. The Bertz CT molecular complexity index is 395. The summed E-state index contributed by atoms with van der Waals surface area (Å²) in [5.74, 6) is 2.20. The lowest BCUT2D eigenvalue weighted by Gasteiger charge is -2.22. The van der Waals surface area contributed by atoms with Crippen LogP contribution in [0.1, 0.15) is 60.6 Å². The van der Waals surface area contributed by atoms with Gasteiger partial charge in [0.1, 0.15) is 5.01 Å². The van der Waals surface area contributed by atoms with Gasteiger partial charge in [-0.2, -0.15) is 0 Å². The molecule has 1 heterocycles. The van der Waals surface area contributed by atoms with E-state index in [9.17, 15) is 0 Å². The smallest absolute Gasteiger partial charge is 0.110 e. The summed E-state index contributed by atoms with van der Waals surface area (Å²) >= 11 is 1.89. The van der Waals surface area contributed by atoms with Gasteiger partial charge in [-0.25, -0.2) is 4.98 Å². The van der Waals surface area contributed by atoms with Crippen LogP contribution in [0.15, 0.2) is 0 Å². The van der Waals surface area contributed by atoms with Crippen LogP contribution in [0, 0.1) is 11.8 Å². The maximum absolute atomic E-state index is 6.24. The van der Waals surface area contributed by atoms with E-state index in [1.165, 1.54) is 34.8 Å². The number of nitrogens with two attached hydrogens (primary N) is 1. The molecule has 16 heavy (non-hydrogen) atoms. The maximum Gasteiger partial charge on any atom is 0.110 e. The summed E-state index contributed by atoms with van der Waals surface area (Å²) in [4.78, 5) is 6.32. The highest BCUT2D eigenvalue weighted by Gasteiger charge is 2.33. The van der Waals surface area contributed by atoms with E-state index in [1.54, 1.807) is 0 Å². The first kappa shape index (κ1) is 10.7. The van der Waals surface area contributed by atoms with E-state index in [0.717, 1.165) is 18.3 Å². The van der Waals surface area contributed by atoms with Crippen LogP contribution in [-0.2, 0) is 6.42 Å². The summed E-state index contributed by atoms with van der Waals surface area (Å²) < 4.78 is 0. The Kier molecular flexibility index (Phi) is 2.55. The van der Waals surface area contributed by atoms with Gasteiger partial charge in [0, 0.05) is 4.88 Å². The first-order valence-corrected chi connectivity index (χ1v) is 7.22. The summed E-state index contributed by atoms with van der Waals surface area (Å²) in [5, 5.41) is 1.20. The predicted molar refractivity (Wildman–Crippen MR) is 67.7 cm³/mol. The zero-order chi connectivity index (χ0) is 11.3. The molecule has 3 heteroatoms. The van der Waals surface area contributed by atoms with Crippen molar-refractivity contribution in [2.75, 3.05) is 0 Å². The van der Waals surface area contributed by atoms with Crippen LogP contribution in [0.4, 0.5) is 0 Å². The van der Waals surface area contributed by atoms with Crippen molar-refractivity contribution >= 4 is 11.3 Å². The molecule has 3 rings (SSSR count). The molecule has 0 bridgehead atoms. The van der Waals surface area contributed by atoms with Gasteiger partial charge in [0.05, 0.1) is 11.7 Å². The van der Waals surface area contributed by atoms with Crippen LogP contribution in [0.3, 0.4) is 0 Å². The molecule has 1 fully saturated rings. The van der Waals surface area contributed by atoms with Crippen molar-refractivity contribution in [3.05, 3.63) is 15.6 Å². The second-order valence-electron chi connectivity index (χ2n) is 5.67. The minimum Gasteiger partial charge on any atom is -0.322 e. The molecule has 88 valence electrons. The van der Waals surface area contributed by atoms with E-state index in [-0.39, 0.29) is 6.04 Å². The molecule has 0 aromatic carbocycles. The first-order valence-electron chi connectivity index (χ1n) is 6.40. The summed E-state index contributed by atoms with van der Waals surface area (Å²) in [5.41, 5.74) is 7.59. The van der Waals surface area contributed by atoms with E-state index in [2.05, 4.69) is 13.8 Å². The Balaban J connectivity index is 1.89. The molecule has 3 atom stereocenters. The first-order chi connectivity index (χ1) is 7.65. The van der Waals surface area contributed by atoms with Gasteiger partial charge < -0.3 is 5.73 Å². The SMILES string of the molecule is CC1Cc2nc(C(N)C3CC3)sc2C(C)C1. The minimum atomic E-state index is 0.220. The summed E-state index contributed by atoms with van der Waals surface area (Å²) in [6, 6.07) is 0.220. The topological polar surface area (TPSA) is 38.9 Å². The van der Waals surface area contributed by atoms with E-state index < -0.39 is 0 Å². The third-order valence-corrected chi connectivity index (χ3v) is 5.33. The highest BCUT2D eigenvalue weighted by Crippen LogP contribution is 2.44. The third-order valence-electron chi connectivity index (χ3n) is 3.90. The maximum atomic E-state index is 6.24. The minimum absolute atomic E-state index is 0.220. The predicted octanol–water partition coefficient (Wildman–Crippen LogP) is 3.24. The van der Waals surface area contributed by atoms with Gasteiger partial charge in [-0.15, -0.1) is 11.3 Å².